The summed E-state index contributed by atoms with van der Waals surface area (Å²) in [6, 6.07) is 5.30. The molecule has 0 saturated carbocycles. The molecule has 0 saturated heterocycles. The largest absolute Gasteiger partial charge is 0.392 e. The average molecular weight is 299 g/mol. The molecule has 2 heterocycles. The third kappa shape index (κ3) is 4.29. The Morgan fingerprint density at radius 3 is 2.57 bits per heavy atom. The molecular weight excluding hydrogens is 283 g/mol. The summed E-state index contributed by atoms with van der Waals surface area (Å²) < 4.78 is 42.7. The molecule has 0 bridgehead atoms. The summed E-state index contributed by atoms with van der Waals surface area (Å²) in [4.78, 5) is 5.47. The van der Waals surface area contributed by atoms with Crippen molar-refractivity contribution in [2.24, 2.45) is 5.92 Å². The Morgan fingerprint density at radius 1 is 1.29 bits per heavy atom. The van der Waals surface area contributed by atoms with Gasteiger partial charge in [0.2, 0.25) is 0 Å². The first-order valence-corrected chi connectivity index (χ1v) is 6.47. The number of pyridine rings is 1. The highest BCUT2D eigenvalue weighted by atomic mass is 19.4. The van der Waals surface area contributed by atoms with E-state index in [1.54, 1.807) is 42.5 Å². The molecule has 2 aromatic heterocycles. The first kappa shape index (κ1) is 15.5. The van der Waals surface area contributed by atoms with Gasteiger partial charge in [-0.1, -0.05) is 12.1 Å². The van der Waals surface area contributed by atoms with Crippen LogP contribution >= 0.6 is 0 Å². The normalized spacial score (nSPS) is 13.6. The van der Waals surface area contributed by atoms with E-state index in [-0.39, 0.29) is 13.1 Å². The monoisotopic (exact) mass is 299 g/mol. The lowest BCUT2D eigenvalue weighted by atomic mass is 10.1. The lowest BCUT2D eigenvalue weighted by Crippen LogP contribution is -2.32. The highest BCUT2D eigenvalue weighted by Gasteiger charge is 2.36. The van der Waals surface area contributed by atoms with E-state index >= 15 is 0 Å². The fourth-order valence-corrected chi connectivity index (χ4v) is 1.95. The van der Waals surface area contributed by atoms with Crippen LogP contribution in [0.2, 0.25) is 0 Å². The van der Waals surface area contributed by atoms with Crippen molar-refractivity contribution in [1.82, 2.24) is 15.0 Å². The van der Waals surface area contributed by atoms with Gasteiger partial charge >= 0.3 is 6.18 Å². The summed E-state index contributed by atoms with van der Waals surface area (Å²) in [7, 11) is 1.62. The molecule has 114 valence electrons. The zero-order chi connectivity index (χ0) is 15.5. The van der Waals surface area contributed by atoms with Crippen molar-refractivity contribution < 1.29 is 17.7 Å². The Morgan fingerprint density at radius 2 is 1.95 bits per heavy atom. The predicted molar refractivity (Wildman–Crippen MR) is 71.3 cm³/mol. The molecule has 7 heteroatoms. The molecule has 2 rings (SSSR count). The summed E-state index contributed by atoms with van der Waals surface area (Å²) >= 11 is 0. The smallest absolute Gasteiger partial charge is 0.359 e. The Balaban J connectivity index is 1.97. The van der Waals surface area contributed by atoms with Gasteiger partial charge < -0.3 is 4.52 Å². The van der Waals surface area contributed by atoms with Crippen LogP contribution in [0, 0.1) is 5.92 Å². The molecular formula is C14H16F3N3O. The molecule has 0 aliphatic rings. The molecule has 0 N–H and O–H groups in total. The first-order valence-electron chi connectivity index (χ1n) is 6.47. The molecule has 4 nitrogen and oxygen atoms in total. The number of hydrogen-bond donors (Lipinski definition) is 0. The number of rotatable bonds is 5. The Kier molecular flexibility index (Phi) is 4.62. The van der Waals surface area contributed by atoms with E-state index in [1.807, 2.05) is 0 Å². The molecule has 1 atom stereocenters. The van der Waals surface area contributed by atoms with Gasteiger partial charge in [0.1, 0.15) is 5.69 Å². The molecule has 0 unspecified atom stereocenters. The van der Waals surface area contributed by atoms with Crippen LogP contribution < -0.4 is 0 Å². The van der Waals surface area contributed by atoms with Crippen molar-refractivity contribution in [2.75, 3.05) is 13.6 Å². The van der Waals surface area contributed by atoms with Gasteiger partial charge in [0.05, 0.1) is 12.5 Å². The van der Waals surface area contributed by atoms with E-state index in [1.165, 1.54) is 6.92 Å². The molecule has 0 fully saturated rings. The molecule has 21 heavy (non-hydrogen) atoms. The van der Waals surface area contributed by atoms with Crippen LogP contribution in [0.5, 0.6) is 0 Å². The lowest BCUT2D eigenvalue weighted by Gasteiger charge is -2.21. The molecule has 0 radical (unpaired) electrons. The second kappa shape index (κ2) is 6.26. The first-order chi connectivity index (χ1) is 9.86. The average Bonchev–Trinajstić information content (AvgIpc) is 2.87. The van der Waals surface area contributed by atoms with Crippen molar-refractivity contribution >= 4 is 0 Å². The van der Waals surface area contributed by atoms with Gasteiger partial charge in [-0.05, 0) is 19.2 Å². The molecule has 0 aliphatic heterocycles. The standard InChI is InChI=1S/C14H16F3N3O/c1-10(14(15,16)17)8-20(2)9-12-7-13(19-21-12)11-3-5-18-6-4-11/h3-7,10H,8-9H2,1-2H3/t10-/m0/s1. The van der Waals surface area contributed by atoms with Crippen LogP contribution in [0.4, 0.5) is 13.2 Å². The summed E-state index contributed by atoms with van der Waals surface area (Å²) in [6.07, 6.45) is -0.903. The quantitative estimate of drug-likeness (QED) is 0.849. The van der Waals surface area contributed by atoms with Gasteiger partial charge in [-0.3, -0.25) is 9.88 Å². The maximum absolute atomic E-state index is 12.5. The minimum Gasteiger partial charge on any atom is -0.359 e. The maximum atomic E-state index is 12.5. The van der Waals surface area contributed by atoms with Crippen LogP contribution in [0.15, 0.2) is 35.1 Å². The zero-order valence-electron chi connectivity index (χ0n) is 11.8. The summed E-state index contributed by atoms with van der Waals surface area (Å²) in [5, 5.41) is 3.92. The van der Waals surface area contributed by atoms with Gasteiger partial charge in [-0.2, -0.15) is 13.2 Å². The second-order valence-electron chi connectivity index (χ2n) is 5.05. The number of hydrogen-bond acceptors (Lipinski definition) is 4. The SMILES string of the molecule is C[C@@H](CN(C)Cc1cc(-c2ccncc2)no1)C(F)(F)F. The third-order valence-corrected chi connectivity index (χ3v) is 3.11. The van der Waals surface area contributed by atoms with Gasteiger partial charge in [0.25, 0.3) is 0 Å². The summed E-state index contributed by atoms with van der Waals surface area (Å²) in [5.74, 6) is -0.858. The van der Waals surface area contributed by atoms with Crippen LogP contribution in [0.1, 0.15) is 12.7 Å². The highest BCUT2D eigenvalue weighted by molar-refractivity contribution is 5.57. The van der Waals surface area contributed by atoms with Gasteiger partial charge in [0, 0.05) is 30.6 Å². The van der Waals surface area contributed by atoms with E-state index in [4.69, 9.17) is 4.52 Å². The molecule has 0 amide bonds. The van der Waals surface area contributed by atoms with Crippen molar-refractivity contribution in [3.8, 4) is 11.3 Å². The zero-order valence-corrected chi connectivity index (χ0v) is 11.8. The van der Waals surface area contributed by atoms with Crippen LogP contribution in [-0.4, -0.2) is 34.8 Å². The van der Waals surface area contributed by atoms with E-state index in [0.29, 0.717) is 11.5 Å². The maximum Gasteiger partial charge on any atom is 0.392 e. The Bertz CT molecular complexity index is 568. The molecule has 2 aromatic rings. The van der Waals surface area contributed by atoms with Crippen LogP contribution in [0.3, 0.4) is 0 Å². The van der Waals surface area contributed by atoms with Gasteiger partial charge in [0.15, 0.2) is 5.76 Å². The number of alkyl halides is 3. The summed E-state index contributed by atoms with van der Waals surface area (Å²) in [6.45, 7) is 1.35. The lowest BCUT2D eigenvalue weighted by molar-refractivity contribution is -0.173. The van der Waals surface area contributed by atoms with Crippen LogP contribution in [0.25, 0.3) is 11.3 Å². The van der Waals surface area contributed by atoms with E-state index in [2.05, 4.69) is 10.1 Å². The highest BCUT2D eigenvalue weighted by Crippen LogP contribution is 2.26. The fourth-order valence-electron chi connectivity index (χ4n) is 1.95. The minimum absolute atomic E-state index is 0.0885. The molecule has 0 aromatic carbocycles. The van der Waals surface area contributed by atoms with Crippen molar-refractivity contribution in [2.45, 2.75) is 19.6 Å². The fraction of sp³-hybridized carbons (Fsp3) is 0.429. The molecule has 0 aliphatic carbocycles. The van der Waals surface area contributed by atoms with Crippen molar-refractivity contribution in [1.29, 1.82) is 0 Å². The topological polar surface area (TPSA) is 42.2 Å². The number of nitrogens with zero attached hydrogens (tertiary/aromatic N) is 3. The van der Waals surface area contributed by atoms with Crippen molar-refractivity contribution in [3.05, 3.63) is 36.4 Å². The second-order valence-corrected chi connectivity index (χ2v) is 5.05. The van der Waals surface area contributed by atoms with Crippen LogP contribution in [-0.2, 0) is 6.54 Å². The summed E-state index contributed by atoms with van der Waals surface area (Å²) in [5.41, 5.74) is 1.50. The van der Waals surface area contributed by atoms with E-state index < -0.39 is 12.1 Å². The minimum atomic E-state index is -4.18. The predicted octanol–water partition coefficient (Wildman–Crippen LogP) is 3.37. The Hall–Kier alpha value is -1.89. The van der Waals surface area contributed by atoms with Gasteiger partial charge in [-0.25, -0.2) is 0 Å². The number of aromatic nitrogens is 2. The van der Waals surface area contributed by atoms with E-state index in [9.17, 15) is 13.2 Å². The van der Waals surface area contributed by atoms with Gasteiger partial charge in [-0.15, -0.1) is 0 Å². The van der Waals surface area contributed by atoms with E-state index in [0.717, 1.165) is 5.56 Å². The van der Waals surface area contributed by atoms with Crippen molar-refractivity contribution in [3.63, 3.8) is 0 Å². The Labute approximate surface area is 120 Å². The molecule has 0 spiro atoms. The third-order valence-electron chi connectivity index (χ3n) is 3.11. The number of halogens is 3.